The average molecular weight is 537 g/mol. The van der Waals surface area contributed by atoms with Gasteiger partial charge >= 0.3 is 5.76 Å². The molecule has 4 aromatic rings. The molecule has 8 nitrogen and oxygen atoms in total. The summed E-state index contributed by atoms with van der Waals surface area (Å²) < 4.78 is 64.5. The van der Waals surface area contributed by atoms with E-state index in [9.17, 15) is 31.2 Å². The number of nitrogens with one attached hydrogen (secondary N) is 1. The molecule has 1 N–H and O–H groups in total. The minimum Gasteiger partial charge on any atom is -0.320 e. The summed E-state index contributed by atoms with van der Waals surface area (Å²) in [5.74, 6) is -5.37. The lowest BCUT2D eigenvalue weighted by Gasteiger charge is -2.14. The number of aryl methyl sites for hydroxylation is 2. The Morgan fingerprint density at radius 2 is 1.75 bits per heavy atom. The average Bonchev–Trinajstić information content (AvgIpc) is 2.81. The number of sulfone groups is 1. The molecule has 1 amide bonds. The van der Waals surface area contributed by atoms with E-state index in [0.717, 1.165) is 35.0 Å². The zero-order valence-corrected chi connectivity index (χ0v) is 20.2. The molecule has 0 aliphatic carbocycles. The number of carbonyl (C=O) groups is 1. The van der Waals surface area contributed by atoms with Crippen LogP contribution in [0.2, 0.25) is 5.02 Å². The summed E-state index contributed by atoms with van der Waals surface area (Å²) in [6.45, 7) is 3.41. The molecule has 0 atom stereocenters. The van der Waals surface area contributed by atoms with Gasteiger partial charge in [-0.1, -0.05) is 11.6 Å². The van der Waals surface area contributed by atoms with Gasteiger partial charge in [-0.15, -0.1) is 0 Å². The van der Waals surface area contributed by atoms with Crippen molar-refractivity contribution in [3.8, 4) is 5.69 Å². The minimum atomic E-state index is -4.82. The maximum absolute atomic E-state index is 14.8. The van der Waals surface area contributed by atoms with Crippen LogP contribution in [0, 0.1) is 19.7 Å². The first kappa shape index (κ1) is 25.3. The normalized spacial score (nSPS) is 11.8. The fourth-order valence-corrected chi connectivity index (χ4v) is 4.22. The van der Waals surface area contributed by atoms with Crippen LogP contribution in [0.1, 0.15) is 21.7 Å². The standard InChI is InChI=1S/C23H16ClF3N4O4S/c1-11-9-18-19(28-12(11)2)21(32)20(30-31(18)17-8-3-13(24)10-16(17)25)22(33)29-14-4-6-15(7-5-14)36(34,35)23(26)27/h3-10,23H,1-2H3,(H,29,33). The monoisotopic (exact) mass is 536 g/mol. The summed E-state index contributed by atoms with van der Waals surface area (Å²) >= 11 is 5.85. The Morgan fingerprint density at radius 1 is 1.08 bits per heavy atom. The maximum atomic E-state index is 14.8. The zero-order valence-electron chi connectivity index (χ0n) is 18.6. The molecule has 0 spiro atoms. The number of hydrogen-bond acceptors (Lipinski definition) is 6. The van der Waals surface area contributed by atoms with Crippen LogP contribution in [-0.2, 0) is 9.84 Å². The molecule has 0 bridgehead atoms. The molecule has 13 heteroatoms. The number of fused-ring (bicyclic) bond motifs is 1. The van der Waals surface area contributed by atoms with E-state index in [2.05, 4.69) is 15.4 Å². The predicted molar refractivity (Wildman–Crippen MR) is 127 cm³/mol. The van der Waals surface area contributed by atoms with Crippen molar-refractivity contribution < 1.29 is 26.4 Å². The smallest absolute Gasteiger partial charge is 0.320 e. The molecule has 0 radical (unpaired) electrons. The number of aromatic nitrogens is 3. The van der Waals surface area contributed by atoms with Crippen LogP contribution in [0.5, 0.6) is 0 Å². The molecule has 186 valence electrons. The largest absolute Gasteiger partial charge is 0.341 e. The Kier molecular flexibility index (Phi) is 6.58. The SMILES string of the molecule is Cc1cc2c(nc1C)c(=O)c(C(=O)Nc1ccc(S(=O)(=O)C(F)F)cc1)nn2-c1ccc(Cl)cc1F. The van der Waals surface area contributed by atoms with Gasteiger partial charge in [-0.2, -0.15) is 13.9 Å². The summed E-state index contributed by atoms with van der Waals surface area (Å²) in [6.07, 6.45) is 0. The molecule has 0 aliphatic rings. The number of carbonyl (C=O) groups excluding carboxylic acids is 1. The van der Waals surface area contributed by atoms with Gasteiger partial charge in [-0.3, -0.25) is 9.59 Å². The molecule has 36 heavy (non-hydrogen) atoms. The first-order valence-electron chi connectivity index (χ1n) is 10.2. The van der Waals surface area contributed by atoms with Gasteiger partial charge in [0.15, 0.2) is 5.69 Å². The quantitative estimate of drug-likeness (QED) is 0.404. The van der Waals surface area contributed by atoms with Gasteiger partial charge in [-0.25, -0.2) is 22.5 Å². The number of pyridine rings is 1. The van der Waals surface area contributed by atoms with Crippen LogP contribution in [0.25, 0.3) is 16.7 Å². The Labute approximate surface area is 207 Å². The number of alkyl halides is 2. The molecule has 0 fully saturated rings. The lowest BCUT2D eigenvalue weighted by atomic mass is 10.1. The second kappa shape index (κ2) is 9.36. The molecular formula is C23H16ClF3N4O4S. The number of rotatable bonds is 5. The number of nitrogens with zero attached hydrogens (tertiary/aromatic N) is 3. The van der Waals surface area contributed by atoms with Crippen molar-refractivity contribution in [2.24, 2.45) is 0 Å². The molecule has 0 saturated carbocycles. The van der Waals surface area contributed by atoms with Crippen molar-refractivity contribution in [1.29, 1.82) is 0 Å². The van der Waals surface area contributed by atoms with Gasteiger partial charge in [0.1, 0.15) is 17.0 Å². The van der Waals surface area contributed by atoms with Crippen molar-refractivity contribution in [1.82, 2.24) is 14.8 Å². The van der Waals surface area contributed by atoms with E-state index >= 15 is 0 Å². The minimum absolute atomic E-state index is 0.00628. The van der Waals surface area contributed by atoms with E-state index < -0.39 is 43.3 Å². The second-order valence-corrected chi connectivity index (χ2v) is 10.1. The highest BCUT2D eigenvalue weighted by molar-refractivity contribution is 7.91. The van der Waals surface area contributed by atoms with Crippen LogP contribution >= 0.6 is 11.6 Å². The van der Waals surface area contributed by atoms with Gasteiger partial charge in [0, 0.05) is 16.4 Å². The molecule has 4 rings (SSSR count). The van der Waals surface area contributed by atoms with E-state index in [4.69, 9.17) is 11.6 Å². The Hall–Kier alpha value is -3.77. The fraction of sp³-hybridized carbons (Fsp3) is 0.130. The van der Waals surface area contributed by atoms with Gasteiger partial charge < -0.3 is 5.32 Å². The summed E-state index contributed by atoms with van der Waals surface area (Å²) in [4.78, 5) is 29.7. The van der Waals surface area contributed by atoms with Crippen molar-refractivity contribution >= 4 is 44.1 Å². The third-order valence-electron chi connectivity index (χ3n) is 5.33. The first-order chi connectivity index (χ1) is 16.9. The Morgan fingerprint density at radius 3 is 2.36 bits per heavy atom. The number of amides is 1. The van der Waals surface area contributed by atoms with E-state index in [1.54, 1.807) is 19.9 Å². The second-order valence-electron chi connectivity index (χ2n) is 7.73. The van der Waals surface area contributed by atoms with Crippen LogP contribution in [0.3, 0.4) is 0 Å². The van der Waals surface area contributed by atoms with E-state index in [0.29, 0.717) is 11.3 Å². The molecular weight excluding hydrogens is 521 g/mol. The third-order valence-corrected chi connectivity index (χ3v) is 6.97. The van der Waals surface area contributed by atoms with Crippen LogP contribution in [-0.4, -0.2) is 34.8 Å². The highest BCUT2D eigenvalue weighted by Gasteiger charge is 2.26. The third kappa shape index (κ3) is 4.56. The van der Waals surface area contributed by atoms with Crippen molar-refractivity contribution in [2.75, 3.05) is 5.32 Å². The van der Waals surface area contributed by atoms with Gasteiger partial charge in [0.25, 0.3) is 5.91 Å². The van der Waals surface area contributed by atoms with Crippen LogP contribution in [0.15, 0.2) is 58.2 Å². The van der Waals surface area contributed by atoms with Gasteiger partial charge in [0.2, 0.25) is 15.3 Å². The fourth-order valence-electron chi connectivity index (χ4n) is 3.34. The van der Waals surface area contributed by atoms with Crippen LogP contribution < -0.4 is 10.7 Å². The molecule has 2 aromatic heterocycles. The highest BCUT2D eigenvalue weighted by atomic mass is 35.5. The predicted octanol–water partition coefficient (Wildman–Crippen LogP) is 4.44. The lowest BCUT2D eigenvalue weighted by molar-refractivity contribution is 0.102. The summed E-state index contributed by atoms with van der Waals surface area (Å²) in [5, 5.41) is 6.57. The molecule has 0 aliphatic heterocycles. The molecule has 0 saturated heterocycles. The van der Waals surface area contributed by atoms with Crippen LogP contribution in [0.4, 0.5) is 18.9 Å². The number of benzene rings is 2. The summed E-state index contributed by atoms with van der Waals surface area (Å²) in [5.41, 5.74) is -0.311. The number of halogens is 4. The highest BCUT2D eigenvalue weighted by Crippen LogP contribution is 2.23. The molecule has 0 unspecified atom stereocenters. The van der Waals surface area contributed by atoms with Crippen molar-refractivity contribution in [2.45, 2.75) is 24.5 Å². The topological polar surface area (TPSA) is 111 Å². The Bertz CT molecular complexity index is 1690. The Balaban J connectivity index is 1.83. The number of hydrogen-bond donors (Lipinski definition) is 1. The van der Waals surface area contributed by atoms with E-state index in [1.165, 1.54) is 12.1 Å². The first-order valence-corrected chi connectivity index (χ1v) is 12.1. The van der Waals surface area contributed by atoms with Gasteiger partial charge in [-0.05, 0) is 67.9 Å². The molecule has 2 heterocycles. The van der Waals surface area contributed by atoms with Crippen molar-refractivity contribution in [3.05, 3.63) is 86.5 Å². The zero-order chi connectivity index (χ0) is 26.4. The van der Waals surface area contributed by atoms with E-state index in [-0.39, 0.29) is 27.4 Å². The summed E-state index contributed by atoms with van der Waals surface area (Å²) in [7, 11) is -4.82. The maximum Gasteiger partial charge on any atom is 0.341 e. The summed E-state index contributed by atoms with van der Waals surface area (Å²) in [6, 6.07) is 9.31. The van der Waals surface area contributed by atoms with Gasteiger partial charge in [0.05, 0.1) is 10.4 Å². The van der Waals surface area contributed by atoms with Crippen molar-refractivity contribution in [3.63, 3.8) is 0 Å². The molecule has 2 aromatic carbocycles. The van der Waals surface area contributed by atoms with E-state index in [1.807, 2.05) is 0 Å². The number of anilines is 1. The lowest BCUT2D eigenvalue weighted by Crippen LogP contribution is -2.28.